The van der Waals surface area contributed by atoms with E-state index in [9.17, 15) is 0 Å². The van der Waals surface area contributed by atoms with Crippen molar-refractivity contribution in [2.75, 3.05) is 18.0 Å². The largest absolute Gasteiger partial charge is 0.365 e. The molecule has 5 heteroatoms. The van der Waals surface area contributed by atoms with E-state index in [-0.39, 0.29) is 0 Å². The van der Waals surface area contributed by atoms with Crippen LogP contribution < -0.4 is 10.2 Å². The van der Waals surface area contributed by atoms with Crippen LogP contribution in [-0.4, -0.2) is 25.2 Å². The molecular weight excluding hydrogens is 315 g/mol. The first-order chi connectivity index (χ1) is 9.43. The molecule has 0 aromatic heterocycles. The maximum Gasteiger partial charge on any atom is 0.0655 e. The second kappa shape index (κ2) is 6.74. The molecule has 1 fully saturated rings. The molecule has 0 spiro atoms. The normalized spacial score (nSPS) is 24.8. The number of piperazine rings is 1. The number of rotatable bonds is 3. The van der Waals surface area contributed by atoms with Crippen LogP contribution in [0.3, 0.4) is 0 Å². The summed E-state index contributed by atoms with van der Waals surface area (Å²) in [6.45, 7) is 8.58. The number of hydrogen-bond acceptors (Lipinski definition) is 2. The predicted octanol–water partition coefficient (Wildman–Crippen LogP) is 4.86. The molecule has 1 heterocycles. The summed E-state index contributed by atoms with van der Waals surface area (Å²) in [7, 11) is 0. The summed E-state index contributed by atoms with van der Waals surface area (Å²) in [6, 6.07) is 4.46. The first-order valence-electron chi connectivity index (χ1n) is 7.08. The van der Waals surface area contributed by atoms with Crippen LogP contribution in [0.5, 0.6) is 0 Å². The molecule has 2 nitrogen and oxygen atoms in total. The lowest BCUT2D eigenvalue weighted by atomic mass is 9.95. The van der Waals surface area contributed by atoms with E-state index in [0.29, 0.717) is 33.1 Å². The fourth-order valence-electron chi connectivity index (χ4n) is 2.62. The van der Waals surface area contributed by atoms with Crippen LogP contribution in [0.1, 0.15) is 27.2 Å². The molecule has 3 atom stereocenters. The van der Waals surface area contributed by atoms with Crippen LogP contribution in [-0.2, 0) is 0 Å². The van der Waals surface area contributed by atoms with Gasteiger partial charge < -0.3 is 10.2 Å². The van der Waals surface area contributed by atoms with Crippen molar-refractivity contribution in [2.45, 2.75) is 39.3 Å². The molecule has 1 aliphatic rings. The lowest BCUT2D eigenvalue weighted by molar-refractivity contribution is 0.316. The smallest absolute Gasteiger partial charge is 0.0655 e. The van der Waals surface area contributed by atoms with E-state index in [1.165, 1.54) is 0 Å². The second-order valence-electron chi connectivity index (χ2n) is 5.62. The van der Waals surface area contributed by atoms with E-state index in [4.69, 9.17) is 34.8 Å². The van der Waals surface area contributed by atoms with Crippen molar-refractivity contribution in [2.24, 2.45) is 5.92 Å². The van der Waals surface area contributed by atoms with E-state index in [2.05, 4.69) is 31.0 Å². The minimum absolute atomic E-state index is 0.380. The van der Waals surface area contributed by atoms with Gasteiger partial charge in [0.15, 0.2) is 0 Å². The Balaban J connectivity index is 2.27. The molecule has 3 unspecified atom stereocenters. The number of hydrogen-bond donors (Lipinski definition) is 1. The topological polar surface area (TPSA) is 15.3 Å². The second-order valence-corrected chi connectivity index (χ2v) is 6.84. The van der Waals surface area contributed by atoms with Crippen molar-refractivity contribution in [3.63, 3.8) is 0 Å². The van der Waals surface area contributed by atoms with Gasteiger partial charge in [0.05, 0.1) is 20.8 Å². The molecule has 1 saturated heterocycles. The van der Waals surface area contributed by atoms with Gasteiger partial charge >= 0.3 is 0 Å². The first kappa shape index (κ1) is 16.2. The predicted molar refractivity (Wildman–Crippen MR) is 89.5 cm³/mol. The molecule has 20 heavy (non-hydrogen) atoms. The number of nitrogens with one attached hydrogen (secondary N) is 1. The monoisotopic (exact) mass is 334 g/mol. The highest BCUT2D eigenvalue weighted by molar-refractivity contribution is 6.44. The summed E-state index contributed by atoms with van der Waals surface area (Å²) < 4.78 is 0. The van der Waals surface area contributed by atoms with E-state index < -0.39 is 0 Å². The Morgan fingerprint density at radius 1 is 1.25 bits per heavy atom. The highest BCUT2D eigenvalue weighted by Gasteiger charge is 2.29. The molecule has 112 valence electrons. The summed E-state index contributed by atoms with van der Waals surface area (Å²) in [5.74, 6) is 0.631. The molecular formula is C15H21Cl3N2. The fourth-order valence-corrected chi connectivity index (χ4v) is 3.27. The summed E-state index contributed by atoms with van der Waals surface area (Å²) >= 11 is 18.5. The molecule has 1 aromatic rings. The number of nitrogens with zero attached hydrogens (tertiary/aromatic N) is 1. The molecule has 2 rings (SSSR count). The van der Waals surface area contributed by atoms with Gasteiger partial charge in [0.1, 0.15) is 0 Å². The molecule has 1 aromatic carbocycles. The zero-order valence-corrected chi connectivity index (χ0v) is 14.4. The fraction of sp³-hybridized carbons (Fsp3) is 0.600. The third-order valence-corrected chi connectivity index (χ3v) is 5.26. The van der Waals surface area contributed by atoms with E-state index in [0.717, 1.165) is 25.2 Å². The van der Waals surface area contributed by atoms with Gasteiger partial charge in [-0.25, -0.2) is 0 Å². The van der Waals surface area contributed by atoms with Crippen LogP contribution in [0.25, 0.3) is 0 Å². The summed E-state index contributed by atoms with van der Waals surface area (Å²) in [5.41, 5.74) is 0.975. The van der Waals surface area contributed by atoms with Crippen molar-refractivity contribution < 1.29 is 0 Å². The van der Waals surface area contributed by atoms with Crippen LogP contribution in [0.4, 0.5) is 5.69 Å². The number of halogens is 3. The number of anilines is 1. The van der Waals surface area contributed by atoms with Gasteiger partial charge in [-0.1, -0.05) is 55.1 Å². The van der Waals surface area contributed by atoms with Crippen molar-refractivity contribution in [3.8, 4) is 0 Å². The third-order valence-electron chi connectivity index (χ3n) is 4.23. The van der Waals surface area contributed by atoms with Crippen molar-refractivity contribution in [1.29, 1.82) is 0 Å². The van der Waals surface area contributed by atoms with Gasteiger partial charge in [-0.2, -0.15) is 0 Å². The third kappa shape index (κ3) is 3.36. The van der Waals surface area contributed by atoms with Gasteiger partial charge in [-0.05, 0) is 25.0 Å². The van der Waals surface area contributed by atoms with Crippen molar-refractivity contribution in [1.82, 2.24) is 5.32 Å². The van der Waals surface area contributed by atoms with E-state index >= 15 is 0 Å². The first-order valence-corrected chi connectivity index (χ1v) is 8.22. The summed E-state index contributed by atoms with van der Waals surface area (Å²) in [6.07, 6.45) is 1.16. The summed E-state index contributed by atoms with van der Waals surface area (Å²) in [5, 5.41) is 5.34. The Kier molecular flexibility index (Phi) is 5.47. The van der Waals surface area contributed by atoms with Crippen LogP contribution in [0, 0.1) is 5.92 Å². The zero-order chi connectivity index (χ0) is 14.9. The maximum atomic E-state index is 6.36. The maximum absolute atomic E-state index is 6.36. The van der Waals surface area contributed by atoms with Gasteiger partial charge in [-0.15, -0.1) is 0 Å². The van der Waals surface area contributed by atoms with Crippen LogP contribution in [0.2, 0.25) is 15.1 Å². The minimum Gasteiger partial charge on any atom is -0.365 e. The Morgan fingerprint density at radius 3 is 2.55 bits per heavy atom. The Hall–Kier alpha value is -0.150. The number of benzene rings is 1. The average Bonchev–Trinajstić information content (AvgIpc) is 2.43. The van der Waals surface area contributed by atoms with Crippen molar-refractivity contribution in [3.05, 3.63) is 27.2 Å². The lowest BCUT2D eigenvalue weighted by Crippen LogP contribution is -2.57. The van der Waals surface area contributed by atoms with Gasteiger partial charge in [-0.3, -0.25) is 0 Å². The van der Waals surface area contributed by atoms with E-state index in [1.54, 1.807) is 6.07 Å². The molecule has 0 amide bonds. The standard InChI is InChI=1S/C15H21Cl3N2/c1-4-9(2)14-8-20(10(3)7-19-14)15-6-12(17)11(16)5-13(15)18/h5-6,9-10,14,19H,4,7-8H2,1-3H3. The molecule has 1 aliphatic heterocycles. The highest BCUT2D eigenvalue weighted by Crippen LogP contribution is 2.36. The molecule has 0 aliphatic carbocycles. The highest BCUT2D eigenvalue weighted by atomic mass is 35.5. The Labute approximate surface area is 136 Å². The lowest BCUT2D eigenvalue weighted by Gasteiger charge is -2.42. The quantitative estimate of drug-likeness (QED) is 0.794. The van der Waals surface area contributed by atoms with Gasteiger partial charge in [0, 0.05) is 25.2 Å². The van der Waals surface area contributed by atoms with Crippen molar-refractivity contribution >= 4 is 40.5 Å². The Morgan fingerprint density at radius 2 is 1.90 bits per heavy atom. The van der Waals surface area contributed by atoms with Gasteiger partial charge in [0.25, 0.3) is 0 Å². The zero-order valence-electron chi connectivity index (χ0n) is 12.1. The molecule has 0 saturated carbocycles. The summed E-state index contributed by atoms with van der Waals surface area (Å²) in [4.78, 5) is 2.33. The molecule has 1 N–H and O–H groups in total. The van der Waals surface area contributed by atoms with Gasteiger partial charge in [0.2, 0.25) is 0 Å². The SMILES string of the molecule is CCC(C)C1CN(c2cc(Cl)c(Cl)cc2Cl)C(C)CN1. The van der Waals surface area contributed by atoms with E-state index in [1.807, 2.05) is 6.07 Å². The molecule has 0 bridgehead atoms. The van der Waals surface area contributed by atoms with Crippen LogP contribution in [0.15, 0.2) is 12.1 Å². The Bertz CT molecular complexity index is 478. The minimum atomic E-state index is 0.380. The molecule has 0 radical (unpaired) electrons. The average molecular weight is 336 g/mol. The van der Waals surface area contributed by atoms with Crippen LogP contribution >= 0.6 is 34.8 Å².